The number of H-pyrrole nitrogens is 1. The van der Waals surface area contributed by atoms with Crippen LogP contribution in [0.3, 0.4) is 0 Å². The maximum absolute atomic E-state index is 13.0. The van der Waals surface area contributed by atoms with Gasteiger partial charge in [0.05, 0.1) is 23.9 Å². The zero-order valence-electron chi connectivity index (χ0n) is 15.0. The van der Waals surface area contributed by atoms with Crippen molar-refractivity contribution >= 4 is 11.7 Å². The molecular weight excluding hydrogens is 344 g/mol. The molecular formula is C19H22N6O2. The second-order valence-electron chi connectivity index (χ2n) is 7.01. The van der Waals surface area contributed by atoms with E-state index in [0.29, 0.717) is 24.1 Å². The Morgan fingerprint density at radius 3 is 2.74 bits per heavy atom. The van der Waals surface area contributed by atoms with E-state index in [4.69, 9.17) is 5.73 Å². The lowest BCUT2D eigenvalue weighted by molar-refractivity contribution is 0.0234. The van der Waals surface area contributed by atoms with Gasteiger partial charge in [0.15, 0.2) is 5.82 Å². The molecule has 1 aliphatic rings. The van der Waals surface area contributed by atoms with Gasteiger partial charge in [0.2, 0.25) is 0 Å². The number of aliphatic hydroxyl groups excluding tert-OH is 1. The van der Waals surface area contributed by atoms with Crippen molar-refractivity contribution in [2.24, 2.45) is 13.0 Å². The number of hydrogen-bond donors (Lipinski definition) is 4. The van der Waals surface area contributed by atoms with Gasteiger partial charge in [-0.1, -0.05) is 30.3 Å². The van der Waals surface area contributed by atoms with E-state index in [2.05, 4.69) is 20.6 Å². The summed E-state index contributed by atoms with van der Waals surface area (Å²) in [6.07, 6.45) is 4.62. The van der Waals surface area contributed by atoms with Gasteiger partial charge in [-0.05, 0) is 24.3 Å². The number of aromatic amines is 1. The lowest BCUT2D eigenvalue weighted by Gasteiger charge is -2.37. The fourth-order valence-electron chi connectivity index (χ4n) is 3.61. The van der Waals surface area contributed by atoms with E-state index in [9.17, 15) is 9.90 Å². The highest BCUT2D eigenvalue weighted by Crippen LogP contribution is 2.38. The number of rotatable bonds is 5. The fourth-order valence-corrected chi connectivity index (χ4v) is 3.61. The lowest BCUT2D eigenvalue weighted by atomic mass is 9.75. The number of nitrogens with one attached hydrogen (secondary N) is 2. The van der Waals surface area contributed by atoms with Crippen molar-refractivity contribution in [2.45, 2.75) is 25.0 Å². The van der Waals surface area contributed by atoms with Gasteiger partial charge < -0.3 is 16.2 Å². The number of anilines is 1. The van der Waals surface area contributed by atoms with Gasteiger partial charge in [-0.3, -0.25) is 14.6 Å². The van der Waals surface area contributed by atoms with Crippen LogP contribution in [0.15, 0.2) is 42.7 Å². The second kappa shape index (κ2) is 6.88. The van der Waals surface area contributed by atoms with Crippen LogP contribution in [-0.4, -0.2) is 37.1 Å². The molecule has 0 saturated heterocycles. The molecule has 1 aliphatic carbocycles. The highest BCUT2D eigenvalue weighted by atomic mass is 16.3. The number of carbonyl (C=O) groups excluding carboxylic acids is 1. The normalized spacial score (nSPS) is 20.1. The number of aliphatic hydroxyl groups is 1. The lowest BCUT2D eigenvalue weighted by Crippen LogP contribution is -2.41. The molecule has 1 saturated carbocycles. The van der Waals surface area contributed by atoms with E-state index in [0.717, 1.165) is 11.1 Å². The first-order valence-electron chi connectivity index (χ1n) is 8.89. The Labute approximate surface area is 156 Å². The molecule has 1 atom stereocenters. The summed E-state index contributed by atoms with van der Waals surface area (Å²) in [7, 11) is 1.83. The highest BCUT2D eigenvalue weighted by molar-refractivity contribution is 6.01. The molecule has 3 aromatic rings. The topological polar surface area (TPSA) is 122 Å². The minimum absolute atomic E-state index is 0.161. The zero-order valence-corrected chi connectivity index (χ0v) is 15.0. The number of benzene rings is 1. The predicted octanol–water partition coefficient (Wildman–Crippen LogP) is 1.63. The zero-order chi connectivity index (χ0) is 19.0. The minimum Gasteiger partial charge on any atom is -0.393 e. The molecule has 5 N–H and O–H groups in total. The molecule has 0 aliphatic heterocycles. The summed E-state index contributed by atoms with van der Waals surface area (Å²) in [4.78, 5) is 13.0. The van der Waals surface area contributed by atoms with Crippen molar-refractivity contribution in [3.05, 3.63) is 54.0 Å². The molecule has 1 aromatic carbocycles. The Kier molecular flexibility index (Phi) is 4.41. The maximum Gasteiger partial charge on any atom is 0.270 e. The third-order valence-corrected chi connectivity index (χ3v) is 5.08. The largest absolute Gasteiger partial charge is 0.393 e. The van der Waals surface area contributed by atoms with Crippen LogP contribution in [0.4, 0.5) is 5.82 Å². The molecule has 0 radical (unpaired) electrons. The first kappa shape index (κ1) is 17.3. The van der Waals surface area contributed by atoms with E-state index in [1.165, 1.54) is 0 Å². The van der Waals surface area contributed by atoms with Crippen molar-refractivity contribution in [1.82, 2.24) is 25.3 Å². The summed E-state index contributed by atoms with van der Waals surface area (Å²) in [6, 6.07) is 9.22. The predicted molar refractivity (Wildman–Crippen MR) is 101 cm³/mol. The molecule has 0 bridgehead atoms. The van der Waals surface area contributed by atoms with Gasteiger partial charge in [0.25, 0.3) is 5.91 Å². The molecule has 8 nitrogen and oxygen atoms in total. The average Bonchev–Trinajstić information content (AvgIpc) is 3.23. The molecule has 8 heteroatoms. The Hall–Kier alpha value is -3.13. The van der Waals surface area contributed by atoms with Crippen molar-refractivity contribution < 1.29 is 9.90 Å². The Bertz CT molecular complexity index is 942. The van der Waals surface area contributed by atoms with Crippen LogP contribution in [-0.2, 0) is 7.05 Å². The molecule has 140 valence electrons. The van der Waals surface area contributed by atoms with Crippen LogP contribution >= 0.6 is 0 Å². The SMILES string of the molecule is Cn1cc(C(NC(=O)c2[nH]nc(N)c2-c2ccccc2)C2CC(O)C2)cn1. The minimum atomic E-state index is -0.311. The van der Waals surface area contributed by atoms with Crippen LogP contribution in [0.5, 0.6) is 0 Å². The van der Waals surface area contributed by atoms with Gasteiger partial charge in [0, 0.05) is 18.8 Å². The quantitative estimate of drug-likeness (QED) is 0.547. The Morgan fingerprint density at radius 1 is 1.37 bits per heavy atom. The van der Waals surface area contributed by atoms with Gasteiger partial charge in [-0.25, -0.2) is 0 Å². The molecule has 2 aromatic heterocycles. The summed E-state index contributed by atoms with van der Waals surface area (Å²) >= 11 is 0. The van der Waals surface area contributed by atoms with E-state index in [-0.39, 0.29) is 29.8 Å². The first-order chi connectivity index (χ1) is 13.0. The van der Waals surface area contributed by atoms with E-state index in [1.807, 2.05) is 43.6 Å². The third-order valence-electron chi connectivity index (χ3n) is 5.08. The van der Waals surface area contributed by atoms with Crippen molar-refractivity contribution in [1.29, 1.82) is 0 Å². The molecule has 1 amide bonds. The molecule has 0 spiro atoms. The summed E-state index contributed by atoms with van der Waals surface area (Å²) < 4.78 is 1.70. The van der Waals surface area contributed by atoms with Gasteiger partial charge in [-0.2, -0.15) is 10.2 Å². The maximum atomic E-state index is 13.0. The standard InChI is InChI=1S/C19H22N6O2/c1-25-10-13(9-21-25)16(12-7-14(26)8-12)22-19(27)17-15(18(20)24-23-17)11-5-3-2-4-6-11/h2-6,9-10,12,14,16,26H,7-8H2,1H3,(H,22,27)(H3,20,23,24). The van der Waals surface area contributed by atoms with E-state index in [1.54, 1.807) is 10.9 Å². The number of nitrogens with zero attached hydrogens (tertiary/aromatic N) is 3. The molecule has 2 heterocycles. The summed E-state index contributed by atoms with van der Waals surface area (Å²) in [5, 5.41) is 23.8. The van der Waals surface area contributed by atoms with Gasteiger partial charge in [-0.15, -0.1) is 0 Å². The smallest absolute Gasteiger partial charge is 0.270 e. The van der Waals surface area contributed by atoms with Crippen LogP contribution in [0.25, 0.3) is 11.1 Å². The number of aryl methyl sites for hydroxylation is 1. The third kappa shape index (κ3) is 3.31. The molecule has 4 rings (SSSR count). The van der Waals surface area contributed by atoms with Crippen molar-refractivity contribution in [2.75, 3.05) is 5.73 Å². The van der Waals surface area contributed by atoms with Gasteiger partial charge in [0.1, 0.15) is 5.69 Å². The second-order valence-corrected chi connectivity index (χ2v) is 7.01. The van der Waals surface area contributed by atoms with Crippen LogP contribution in [0.1, 0.15) is 34.9 Å². The number of hydrogen-bond acceptors (Lipinski definition) is 5. The van der Waals surface area contributed by atoms with Crippen LogP contribution in [0, 0.1) is 5.92 Å². The Balaban J connectivity index is 1.62. The van der Waals surface area contributed by atoms with Crippen LogP contribution < -0.4 is 11.1 Å². The highest BCUT2D eigenvalue weighted by Gasteiger charge is 2.37. The summed E-state index contributed by atoms with van der Waals surface area (Å²) in [6.45, 7) is 0. The Morgan fingerprint density at radius 2 is 2.11 bits per heavy atom. The van der Waals surface area contributed by atoms with Crippen molar-refractivity contribution in [3.8, 4) is 11.1 Å². The van der Waals surface area contributed by atoms with E-state index < -0.39 is 0 Å². The van der Waals surface area contributed by atoms with E-state index >= 15 is 0 Å². The van der Waals surface area contributed by atoms with Crippen molar-refractivity contribution in [3.63, 3.8) is 0 Å². The number of aromatic nitrogens is 4. The number of carbonyl (C=O) groups is 1. The average molecular weight is 366 g/mol. The number of nitrogen functional groups attached to an aromatic ring is 1. The van der Waals surface area contributed by atoms with Crippen LogP contribution in [0.2, 0.25) is 0 Å². The molecule has 1 fully saturated rings. The summed E-state index contributed by atoms with van der Waals surface area (Å²) in [5.41, 5.74) is 8.66. The monoisotopic (exact) mass is 366 g/mol. The first-order valence-corrected chi connectivity index (χ1v) is 8.89. The number of amides is 1. The van der Waals surface area contributed by atoms with Gasteiger partial charge >= 0.3 is 0 Å². The molecule has 1 unspecified atom stereocenters. The fraction of sp³-hybridized carbons (Fsp3) is 0.316. The summed E-state index contributed by atoms with van der Waals surface area (Å²) in [5.74, 6) is 0.158. The molecule has 27 heavy (non-hydrogen) atoms. The number of nitrogens with two attached hydrogens (primary N) is 1.